The van der Waals surface area contributed by atoms with Gasteiger partial charge in [-0.25, -0.2) is 0 Å². The fourth-order valence-corrected chi connectivity index (χ4v) is 3.16. The quantitative estimate of drug-likeness (QED) is 0.678. The van der Waals surface area contributed by atoms with Gasteiger partial charge < -0.3 is 10.1 Å². The zero-order valence-electron chi connectivity index (χ0n) is 13.5. The van der Waals surface area contributed by atoms with Crippen molar-refractivity contribution in [3.63, 3.8) is 0 Å². The molecule has 0 saturated carbocycles. The van der Waals surface area contributed by atoms with Crippen LogP contribution < -0.4 is 5.32 Å². The molecule has 1 N–H and O–H groups in total. The average molecular weight is 332 g/mol. The maximum atomic E-state index is 6.13. The lowest BCUT2D eigenvalue weighted by molar-refractivity contribution is -0.0471. The minimum atomic E-state index is -0.152. The summed E-state index contributed by atoms with van der Waals surface area (Å²) in [6, 6.07) is 6.12. The molecule has 21 heavy (non-hydrogen) atoms. The van der Waals surface area contributed by atoms with E-state index in [2.05, 4.69) is 26.1 Å². The molecular formula is C17H27Cl2NO. The smallest absolute Gasteiger partial charge is 0.0828 e. The van der Waals surface area contributed by atoms with Gasteiger partial charge in [0, 0.05) is 13.2 Å². The van der Waals surface area contributed by atoms with Gasteiger partial charge in [0.2, 0.25) is 0 Å². The number of hydrogen-bond acceptors (Lipinski definition) is 2. The van der Waals surface area contributed by atoms with Crippen molar-refractivity contribution in [3.8, 4) is 0 Å². The van der Waals surface area contributed by atoms with E-state index in [9.17, 15) is 0 Å². The molecule has 0 fully saturated rings. The van der Waals surface area contributed by atoms with E-state index in [1.54, 1.807) is 0 Å². The summed E-state index contributed by atoms with van der Waals surface area (Å²) >= 11 is 12.1. The SMILES string of the molecule is CCCNC(Cc1ccc(Cl)c(Cl)c1)C(CC)(CC)OC. The van der Waals surface area contributed by atoms with Crippen molar-refractivity contribution in [2.24, 2.45) is 0 Å². The molecule has 0 heterocycles. The Balaban J connectivity index is 2.98. The highest BCUT2D eigenvalue weighted by Gasteiger charge is 2.35. The number of methoxy groups -OCH3 is 1. The molecular weight excluding hydrogens is 305 g/mol. The molecule has 0 aliphatic heterocycles. The summed E-state index contributed by atoms with van der Waals surface area (Å²) in [6.07, 6.45) is 3.93. The predicted octanol–water partition coefficient (Wildman–Crippen LogP) is 5.11. The van der Waals surface area contributed by atoms with Gasteiger partial charge in [-0.2, -0.15) is 0 Å². The second kappa shape index (κ2) is 8.99. The van der Waals surface area contributed by atoms with Gasteiger partial charge >= 0.3 is 0 Å². The number of ether oxygens (including phenoxy) is 1. The van der Waals surface area contributed by atoms with Crippen molar-refractivity contribution in [2.45, 2.75) is 58.1 Å². The maximum absolute atomic E-state index is 6.13. The van der Waals surface area contributed by atoms with E-state index < -0.39 is 0 Å². The Morgan fingerprint density at radius 3 is 2.29 bits per heavy atom. The summed E-state index contributed by atoms with van der Waals surface area (Å²) in [4.78, 5) is 0. The van der Waals surface area contributed by atoms with E-state index in [4.69, 9.17) is 27.9 Å². The summed E-state index contributed by atoms with van der Waals surface area (Å²) < 4.78 is 5.90. The normalized spacial score (nSPS) is 13.4. The zero-order valence-corrected chi connectivity index (χ0v) is 15.0. The number of rotatable bonds is 9. The van der Waals surface area contributed by atoms with Crippen molar-refractivity contribution >= 4 is 23.2 Å². The van der Waals surface area contributed by atoms with Gasteiger partial charge in [0.25, 0.3) is 0 Å². The molecule has 1 aromatic carbocycles. The standard InChI is InChI=1S/C17H27Cl2NO/c1-5-10-20-16(17(6-2,7-3)21-4)12-13-8-9-14(18)15(19)11-13/h8-9,11,16,20H,5-7,10,12H2,1-4H3. The Hall–Kier alpha value is -0.280. The molecule has 1 atom stereocenters. The van der Waals surface area contributed by atoms with Crippen LogP contribution >= 0.6 is 23.2 Å². The summed E-state index contributed by atoms with van der Waals surface area (Å²) in [6.45, 7) is 7.53. The lowest BCUT2D eigenvalue weighted by atomic mass is 9.84. The van der Waals surface area contributed by atoms with Gasteiger partial charge in [0.05, 0.1) is 15.6 Å². The van der Waals surface area contributed by atoms with Crippen molar-refractivity contribution < 1.29 is 4.74 Å². The van der Waals surface area contributed by atoms with Crippen LogP contribution in [0.2, 0.25) is 10.0 Å². The minimum absolute atomic E-state index is 0.152. The fraction of sp³-hybridized carbons (Fsp3) is 0.647. The third-order valence-corrected chi connectivity index (χ3v) is 5.04. The van der Waals surface area contributed by atoms with E-state index in [0.717, 1.165) is 32.2 Å². The van der Waals surface area contributed by atoms with Crippen LogP contribution in [0.4, 0.5) is 0 Å². The number of hydrogen-bond donors (Lipinski definition) is 1. The largest absolute Gasteiger partial charge is 0.377 e. The molecule has 0 aliphatic carbocycles. The summed E-state index contributed by atoms with van der Waals surface area (Å²) in [5.41, 5.74) is 1.03. The molecule has 2 nitrogen and oxygen atoms in total. The third kappa shape index (κ3) is 4.85. The summed E-state index contributed by atoms with van der Waals surface area (Å²) in [5.74, 6) is 0. The van der Waals surface area contributed by atoms with Crippen LogP contribution in [0.1, 0.15) is 45.6 Å². The van der Waals surface area contributed by atoms with E-state index in [1.807, 2.05) is 25.3 Å². The van der Waals surface area contributed by atoms with E-state index in [1.165, 1.54) is 5.56 Å². The van der Waals surface area contributed by atoms with E-state index >= 15 is 0 Å². The van der Waals surface area contributed by atoms with Gasteiger partial charge in [-0.1, -0.05) is 50.0 Å². The van der Waals surface area contributed by atoms with Crippen molar-refractivity contribution in [1.82, 2.24) is 5.32 Å². The molecule has 120 valence electrons. The predicted molar refractivity (Wildman–Crippen MR) is 92.6 cm³/mol. The van der Waals surface area contributed by atoms with Gasteiger partial charge in [0.1, 0.15) is 0 Å². The first kappa shape index (κ1) is 18.8. The molecule has 0 amide bonds. The lowest BCUT2D eigenvalue weighted by Crippen LogP contribution is -2.53. The molecule has 0 aromatic heterocycles. The first-order valence-electron chi connectivity index (χ1n) is 7.75. The van der Waals surface area contributed by atoms with Gasteiger partial charge in [0.15, 0.2) is 0 Å². The Morgan fingerprint density at radius 2 is 1.81 bits per heavy atom. The molecule has 1 unspecified atom stereocenters. The molecule has 0 radical (unpaired) electrons. The number of halogens is 2. The van der Waals surface area contributed by atoms with Crippen LogP contribution in [0, 0.1) is 0 Å². The molecule has 1 aromatic rings. The van der Waals surface area contributed by atoms with Crippen molar-refractivity contribution in [1.29, 1.82) is 0 Å². The van der Waals surface area contributed by atoms with Gasteiger partial charge in [-0.3, -0.25) is 0 Å². The zero-order chi connectivity index (χ0) is 15.9. The van der Waals surface area contributed by atoms with Crippen LogP contribution in [0.5, 0.6) is 0 Å². The Morgan fingerprint density at radius 1 is 1.14 bits per heavy atom. The van der Waals surface area contributed by atoms with Crippen LogP contribution in [0.3, 0.4) is 0 Å². The third-order valence-electron chi connectivity index (χ3n) is 4.30. The van der Waals surface area contributed by atoms with Gasteiger partial charge in [-0.05, 0) is 49.9 Å². The highest BCUT2D eigenvalue weighted by molar-refractivity contribution is 6.42. The monoisotopic (exact) mass is 331 g/mol. The van der Waals surface area contributed by atoms with Crippen LogP contribution in [-0.2, 0) is 11.2 Å². The second-order valence-electron chi connectivity index (χ2n) is 5.44. The number of benzene rings is 1. The van der Waals surface area contributed by atoms with Crippen LogP contribution in [-0.4, -0.2) is 25.3 Å². The fourth-order valence-electron chi connectivity index (χ4n) is 2.84. The highest BCUT2D eigenvalue weighted by atomic mass is 35.5. The minimum Gasteiger partial charge on any atom is -0.377 e. The van der Waals surface area contributed by atoms with Crippen molar-refractivity contribution in [3.05, 3.63) is 33.8 Å². The molecule has 4 heteroatoms. The molecule has 0 bridgehead atoms. The topological polar surface area (TPSA) is 21.3 Å². The molecule has 0 aliphatic rings. The van der Waals surface area contributed by atoms with Crippen molar-refractivity contribution in [2.75, 3.05) is 13.7 Å². The molecule has 0 saturated heterocycles. The Bertz CT molecular complexity index is 425. The number of nitrogens with one attached hydrogen (secondary N) is 1. The first-order chi connectivity index (χ1) is 10.0. The molecule has 0 spiro atoms. The summed E-state index contributed by atoms with van der Waals surface area (Å²) in [7, 11) is 1.81. The van der Waals surface area contributed by atoms with E-state index in [0.29, 0.717) is 10.0 Å². The van der Waals surface area contributed by atoms with Crippen LogP contribution in [0.25, 0.3) is 0 Å². The Kier molecular flexibility index (Phi) is 8.04. The second-order valence-corrected chi connectivity index (χ2v) is 6.25. The summed E-state index contributed by atoms with van der Waals surface area (Å²) in [5, 5.41) is 4.85. The molecule has 1 rings (SSSR count). The van der Waals surface area contributed by atoms with E-state index in [-0.39, 0.29) is 11.6 Å². The Labute approximate surface area is 139 Å². The highest BCUT2D eigenvalue weighted by Crippen LogP contribution is 2.29. The van der Waals surface area contributed by atoms with Crippen LogP contribution in [0.15, 0.2) is 18.2 Å². The maximum Gasteiger partial charge on any atom is 0.0828 e. The average Bonchev–Trinajstić information content (AvgIpc) is 2.50. The first-order valence-corrected chi connectivity index (χ1v) is 8.51. The lowest BCUT2D eigenvalue weighted by Gasteiger charge is -2.39. The van der Waals surface area contributed by atoms with Gasteiger partial charge in [-0.15, -0.1) is 0 Å².